The van der Waals surface area contributed by atoms with Crippen molar-refractivity contribution in [3.8, 4) is 0 Å². The van der Waals surface area contributed by atoms with Crippen LogP contribution in [0.25, 0.3) is 0 Å². The summed E-state index contributed by atoms with van der Waals surface area (Å²) in [6.45, 7) is 4.82. The van der Waals surface area contributed by atoms with Gasteiger partial charge in [-0.25, -0.2) is 4.98 Å². The van der Waals surface area contributed by atoms with E-state index < -0.39 is 0 Å². The van der Waals surface area contributed by atoms with Crippen molar-refractivity contribution in [3.63, 3.8) is 0 Å². The third kappa shape index (κ3) is 5.30. The molecule has 1 aromatic carbocycles. The molecule has 2 heterocycles. The van der Waals surface area contributed by atoms with Crippen molar-refractivity contribution in [2.45, 2.75) is 25.9 Å². The fraction of sp³-hybridized carbons (Fsp3) is 0.412. The van der Waals surface area contributed by atoms with Gasteiger partial charge in [-0.05, 0) is 41.4 Å². The van der Waals surface area contributed by atoms with E-state index in [-0.39, 0.29) is 24.0 Å². The van der Waals surface area contributed by atoms with E-state index in [1.54, 1.807) is 11.3 Å². The normalized spacial score (nSPS) is 17.3. The summed E-state index contributed by atoms with van der Waals surface area (Å²) in [5.74, 6) is 0.849. The van der Waals surface area contributed by atoms with Crippen molar-refractivity contribution < 1.29 is 0 Å². The summed E-state index contributed by atoms with van der Waals surface area (Å²) in [5, 5.41) is 6.92. The van der Waals surface area contributed by atoms with Gasteiger partial charge in [0.05, 0.1) is 23.4 Å². The Bertz CT molecular complexity index is 721. The Kier molecular flexibility index (Phi) is 7.95. The van der Waals surface area contributed by atoms with Gasteiger partial charge in [-0.3, -0.25) is 4.99 Å². The average molecular weight is 536 g/mol. The molecule has 0 aliphatic carbocycles. The lowest BCUT2D eigenvalue weighted by Gasteiger charge is -2.21. The maximum Gasteiger partial charge on any atom is 0.191 e. The predicted molar refractivity (Wildman–Crippen MR) is 120 cm³/mol. The van der Waals surface area contributed by atoms with Crippen LogP contribution in [-0.4, -0.2) is 37.1 Å². The fourth-order valence-electron chi connectivity index (χ4n) is 2.85. The summed E-state index contributed by atoms with van der Waals surface area (Å²) >= 11 is 5.32. The first-order chi connectivity index (χ1) is 11.7. The van der Waals surface area contributed by atoms with Gasteiger partial charge in [-0.1, -0.05) is 12.1 Å². The van der Waals surface area contributed by atoms with Crippen molar-refractivity contribution in [3.05, 3.63) is 44.8 Å². The highest BCUT2D eigenvalue weighted by molar-refractivity contribution is 14.0. The Labute approximate surface area is 178 Å². The number of halogens is 2. The molecule has 2 aromatic rings. The van der Waals surface area contributed by atoms with Crippen molar-refractivity contribution >= 4 is 62.9 Å². The van der Waals surface area contributed by atoms with E-state index in [1.807, 2.05) is 25.5 Å². The Morgan fingerprint density at radius 1 is 1.44 bits per heavy atom. The summed E-state index contributed by atoms with van der Waals surface area (Å²) in [6, 6.07) is 8.77. The van der Waals surface area contributed by atoms with E-state index in [2.05, 4.69) is 59.6 Å². The number of hydrogen-bond acceptors (Lipinski definition) is 4. The van der Waals surface area contributed by atoms with Gasteiger partial charge in [0.2, 0.25) is 0 Å². The van der Waals surface area contributed by atoms with Crippen molar-refractivity contribution in [1.82, 2.24) is 15.6 Å². The molecule has 25 heavy (non-hydrogen) atoms. The second-order valence-corrected chi connectivity index (χ2v) is 7.61. The lowest BCUT2D eigenvalue weighted by molar-refractivity contribution is 0.649. The molecule has 0 radical (unpaired) electrons. The van der Waals surface area contributed by atoms with Crippen LogP contribution in [0.5, 0.6) is 0 Å². The van der Waals surface area contributed by atoms with Gasteiger partial charge in [0.15, 0.2) is 5.96 Å². The van der Waals surface area contributed by atoms with E-state index in [0.29, 0.717) is 6.04 Å². The number of aromatic nitrogens is 1. The molecule has 0 amide bonds. The van der Waals surface area contributed by atoms with E-state index in [4.69, 9.17) is 0 Å². The maximum absolute atomic E-state index is 4.35. The summed E-state index contributed by atoms with van der Waals surface area (Å²) in [4.78, 5) is 12.3. The molecule has 2 N–H and O–H groups in total. The molecule has 3 rings (SSSR count). The number of aryl methyl sites for hydroxylation is 1. The van der Waals surface area contributed by atoms with Gasteiger partial charge in [-0.15, -0.1) is 35.3 Å². The van der Waals surface area contributed by atoms with Crippen LogP contribution in [0.1, 0.15) is 17.0 Å². The number of guanidine groups is 1. The highest BCUT2D eigenvalue weighted by Crippen LogP contribution is 2.28. The summed E-state index contributed by atoms with van der Waals surface area (Å²) in [6.07, 6.45) is 1.10. The van der Waals surface area contributed by atoms with Crippen molar-refractivity contribution in [2.75, 3.05) is 25.0 Å². The number of anilines is 1. The molecule has 1 atom stereocenters. The van der Waals surface area contributed by atoms with Gasteiger partial charge >= 0.3 is 0 Å². The van der Waals surface area contributed by atoms with Crippen molar-refractivity contribution in [2.24, 2.45) is 4.99 Å². The molecule has 1 aromatic heterocycles. The average Bonchev–Trinajstić information content (AvgIpc) is 3.21. The molecular formula is C17H23BrIN5S. The van der Waals surface area contributed by atoms with Crippen LogP contribution in [0, 0.1) is 6.92 Å². The number of nitrogens with one attached hydrogen (secondary N) is 2. The quantitative estimate of drug-likeness (QED) is 0.355. The molecule has 136 valence electrons. The molecule has 1 fully saturated rings. The van der Waals surface area contributed by atoms with Crippen LogP contribution in [0.4, 0.5) is 5.69 Å². The van der Waals surface area contributed by atoms with Crippen LogP contribution in [-0.2, 0) is 6.54 Å². The second-order valence-electron chi connectivity index (χ2n) is 5.81. The smallest absolute Gasteiger partial charge is 0.191 e. The molecule has 0 saturated carbocycles. The number of nitrogens with zero attached hydrogens (tertiary/aromatic N) is 3. The van der Waals surface area contributed by atoms with Gasteiger partial charge in [0, 0.05) is 35.5 Å². The minimum Gasteiger partial charge on any atom is -0.368 e. The van der Waals surface area contributed by atoms with Crippen LogP contribution in [0.2, 0.25) is 0 Å². The Morgan fingerprint density at radius 2 is 2.24 bits per heavy atom. The first-order valence-corrected chi connectivity index (χ1v) is 9.70. The predicted octanol–water partition coefficient (Wildman–Crippen LogP) is 3.78. The Balaban J connectivity index is 0.00000225. The fourth-order valence-corrected chi connectivity index (χ4v) is 4.11. The molecule has 5 nitrogen and oxygen atoms in total. The van der Waals surface area contributed by atoms with Gasteiger partial charge in [0.1, 0.15) is 0 Å². The Hall–Kier alpha value is -0.870. The third-order valence-corrected chi connectivity index (χ3v) is 5.81. The molecule has 1 unspecified atom stereocenters. The molecule has 1 saturated heterocycles. The molecule has 0 spiro atoms. The monoisotopic (exact) mass is 535 g/mol. The number of aliphatic imine (C=N–C) groups is 1. The zero-order valence-electron chi connectivity index (χ0n) is 14.3. The number of benzene rings is 1. The first kappa shape index (κ1) is 20.4. The number of para-hydroxylation sites is 1. The second kappa shape index (κ2) is 9.72. The largest absolute Gasteiger partial charge is 0.368 e. The van der Waals surface area contributed by atoms with Gasteiger partial charge < -0.3 is 15.5 Å². The van der Waals surface area contributed by atoms with Crippen LogP contribution in [0.3, 0.4) is 0 Å². The van der Waals surface area contributed by atoms with Crippen molar-refractivity contribution in [1.29, 1.82) is 0 Å². The first-order valence-electron chi connectivity index (χ1n) is 8.03. The summed E-state index contributed by atoms with van der Waals surface area (Å²) in [5.41, 5.74) is 4.23. The topological polar surface area (TPSA) is 52.6 Å². The highest BCUT2D eigenvalue weighted by atomic mass is 127. The number of hydrogen-bond donors (Lipinski definition) is 2. The van der Waals surface area contributed by atoms with Crippen LogP contribution >= 0.6 is 51.2 Å². The van der Waals surface area contributed by atoms with E-state index in [9.17, 15) is 0 Å². The maximum atomic E-state index is 4.35. The molecular weight excluding hydrogens is 513 g/mol. The van der Waals surface area contributed by atoms with E-state index in [0.717, 1.165) is 42.2 Å². The lowest BCUT2D eigenvalue weighted by Crippen LogP contribution is -2.44. The zero-order valence-corrected chi connectivity index (χ0v) is 19.1. The molecule has 8 heteroatoms. The zero-order chi connectivity index (χ0) is 16.9. The van der Waals surface area contributed by atoms with E-state index in [1.165, 1.54) is 10.6 Å². The summed E-state index contributed by atoms with van der Waals surface area (Å²) in [7, 11) is 1.81. The Morgan fingerprint density at radius 3 is 2.92 bits per heavy atom. The summed E-state index contributed by atoms with van der Waals surface area (Å²) < 4.78 is 1.15. The molecule has 0 bridgehead atoms. The molecule has 1 aliphatic rings. The molecule has 1 aliphatic heterocycles. The third-order valence-electron chi connectivity index (χ3n) is 4.21. The standard InChI is InChI=1S/C17H22BrN5S.HI/c1-12-16(24-11-21-12)9-20-17(19-2)22-13-7-8-23(10-13)15-6-4-3-5-14(15)18;/h3-6,11,13H,7-10H2,1-2H3,(H2,19,20,22);1H. The van der Waals surface area contributed by atoms with Crippen LogP contribution < -0.4 is 15.5 Å². The minimum atomic E-state index is 0. The number of rotatable bonds is 4. The lowest BCUT2D eigenvalue weighted by atomic mass is 10.2. The van der Waals surface area contributed by atoms with Gasteiger partial charge in [0.25, 0.3) is 0 Å². The van der Waals surface area contributed by atoms with E-state index >= 15 is 0 Å². The van der Waals surface area contributed by atoms with Crippen LogP contribution in [0.15, 0.2) is 39.2 Å². The number of thiazole rings is 1. The minimum absolute atomic E-state index is 0. The van der Waals surface area contributed by atoms with Gasteiger partial charge in [-0.2, -0.15) is 0 Å². The highest BCUT2D eigenvalue weighted by Gasteiger charge is 2.24. The SMILES string of the molecule is CN=C(NCc1scnc1C)NC1CCN(c2ccccc2Br)C1.I.